The Labute approximate surface area is 161 Å². The number of nitrogens with zero attached hydrogens (tertiary/aromatic N) is 1. The standard InChI is InChI=1S/C19H17BrN2O3S/c1-25-17-9-8-15(20)11-18(17)26(23,24)13-14-7-10-19(21-12-14)22-16-5-3-2-4-6-16/h2-12H,13H2,1H3,(H,21,22). The van der Waals surface area contributed by atoms with Crippen LogP contribution in [0, 0.1) is 0 Å². The maximum atomic E-state index is 12.8. The predicted octanol–water partition coefficient (Wildman–Crippen LogP) is 4.57. The van der Waals surface area contributed by atoms with Crippen LogP contribution in [0.15, 0.2) is 76.2 Å². The van der Waals surface area contributed by atoms with Crippen LogP contribution in [0.5, 0.6) is 5.75 Å². The van der Waals surface area contributed by atoms with E-state index in [0.29, 0.717) is 21.6 Å². The lowest BCUT2D eigenvalue weighted by Crippen LogP contribution is -2.07. The van der Waals surface area contributed by atoms with E-state index < -0.39 is 9.84 Å². The fourth-order valence-electron chi connectivity index (χ4n) is 2.44. The van der Waals surface area contributed by atoms with E-state index in [0.717, 1.165) is 5.69 Å². The molecule has 0 aliphatic heterocycles. The van der Waals surface area contributed by atoms with Crippen molar-refractivity contribution in [2.24, 2.45) is 0 Å². The average Bonchev–Trinajstić information content (AvgIpc) is 2.64. The van der Waals surface area contributed by atoms with Gasteiger partial charge in [0, 0.05) is 16.4 Å². The second-order valence-electron chi connectivity index (χ2n) is 5.60. The van der Waals surface area contributed by atoms with E-state index in [1.165, 1.54) is 7.11 Å². The van der Waals surface area contributed by atoms with Crippen molar-refractivity contribution in [2.75, 3.05) is 12.4 Å². The first-order valence-electron chi connectivity index (χ1n) is 7.81. The highest BCUT2D eigenvalue weighted by Gasteiger charge is 2.21. The normalized spacial score (nSPS) is 11.2. The second kappa shape index (κ2) is 7.88. The number of anilines is 2. The average molecular weight is 433 g/mol. The highest BCUT2D eigenvalue weighted by atomic mass is 79.9. The smallest absolute Gasteiger partial charge is 0.186 e. The molecule has 3 rings (SSSR count). The Kier molecular flexibility index (Phi) is 5.58. The Morgan fingerprint density at radius 2 is 1.85 bits per heavy atom. The molecule has 0 aliphatic carbocycles. The number of sulfone groups is 1. The molecule has 5 nitrogen and oxygen atoms in total. The summed E-state index contributed by atoms with van der Waals surface area (Å²) in [4.78, 5) is 4.45. The monoisotopic (exact) mass is 432 g/mol. The Bertz CT molecular complexity index is 991. The fraction of sp³-hybridized carbons (Fsp3) is 0.105. The molecule has 1 heterocycles. The summed E-state index contributed by atoms with van der Waals surface area (Å²) < 4.78 is 31.4. The van der Waals surface area contributed by atoms with Crippen LogP contribution in [0.1, 0.15) is 5.56 Å². The molecular formula is C19H17BrN2O3S. The van der Waals surface area contributed by atoms with Gasteiger partial charge in [-0.05, 0) is 42.0 Å². The topological polar surface area (TPSA) is 68.3 Å². The van der Waals surface area contributed by atoms with Crippen LogP contribution in [-0.2, 0) is 15.6 Å². The largest absolute Gasteiger partial charge is 0.495 e. The lowest BCUT2D eigenvalue weighted by atomic mass is 10.3. The number of rotatable bonds is 6. The first kappa shape index (κ1) is 18.4. The summed E-state index contributed by atoms with van der Waals surface area (Å²) >= 11 is 3.30. The quantitative estimate of drug-likeness (QED) is 0.617. The summed E-state index contributed by atoms with van der Waals surface area (Å²) in [5.41, 5.74) is 1.52. The number of benzene rings is 2. The number of para-hydroxylation sites is 1. The van der Waals surface area contributed by atoms with Crippen LogP contribution in [-0.4, -0.2) is 20.5 Å². The van der Waals surface area contributed by atoms with Crippen molar-refractivity contribution >= 4 is 37.3 Å². The van der Waals surface area contributed by atoms with Crippen LogP contribution >= 0.6 is 15.9 Å². The number of nitrogens with one attached hydrogen (secondary N) is 1. The van der Waals surface area contributed by atoms with Crippen molar-refractivity contribution in [3.8, 4) is 5.75 Å². The maximum Gasteiger partial charge on any atom is 0.186 e. The van der Waals surface area contributed by atoms with Crippen molar-refractivity contribution in [3.63, 3.8) is 0 Å². The first-order chi connectivity index (χ1) is 12.5. The summed E-state index contributed by atoms with van der Waals surface area (Å²) in [6.07, 6.45) is 1.56. The van der Waals surface area contributed by atoms with E-state index in [9.17, 15) is 8.42 Å². The Hall–Kier alpha value is -2.38. The molecule has 0 saturated heterocycles. The van der Waals surface area contributed by atoms with E-state index >= 15 is 0 Å². The Morgan fingerprint density at radius 1 is 1.08 bits per heavy atom. The third-order valence-corrected chi connectivity index (χ3v) is 5.88. The number of halogens is 1. The van der Waals surface area contributed by atoms with Crippen molar-refractivity contribution in [1.82, 2.24) is 4.98 Å². The van der Waals surface area contributed by atoms with E-state index in [-0.39, 0.29) is 10.6 Å². The molecule has 7 heteroatoms. The highest BCUT2D eigenvalue weighted by molar-refractivity contribution is 9.10. The van der Waals surface area contributed by atoms with Gasteiger partial charge < -0.3 is 10.1 Å². The van der Waals surface area contributed by atoms with Gasteiger partial charge in [0.05, 0.1) is 12.9 Å². The lowest BCUT2D eigenvalue weighted by molar-refractivity contribution is 0.402. The zero-order chi connectivity index (χ0) is 18.6. The predicted molar refractivity (Wildman–Crippen MR) is 106 cm³/mol. The van der Waals surface area contributed by atoms with E-state index in [4.69, 9.17) is 4.74 Å². The Balaban J connectivity index is 1.79. The summed E-state index contributed by atoms with van der Waals surface area (Å²) in [5.74, 6) is 0.819. The van der Waals surface area contributed by atoms with E-state index in [1.807, 2.05) is 30.3 Å². The van der Waals surface area contributed by atoms with E-state index in [2.05, 4.69) is 26.2 Å². The van der Waals surface area contributed by atoms with Crippen molar-refractivity contribution in [2.45, 2.75) is 10.6 Å². The summed E-state index contributed by atoms with van der Waals surface area (Å²) in [6, 6.07) is 18.1. The van der Waals surface area contributed by atoms with E-state index in [1.54, 1.807) is 36.5 Å². The zero-order valence-electron chi connectivity index (χ0n) is 14.0. The number of ether oxygens (including phenoxy) is 1. The van der Waals surface area contributed by atoms with Gasteiger partial charge in [-0.15, -0.1) is 0 Å². The van der Waals surface area contributed by atoms with Crippen LogP contribution < -0.4 is 10.1 Å². The summed E-state index contributed by atoms with van der Waals surface area (Å²) in [5, 5.41) is 3.16. The first-order valence-corrected chi connectivity index (χ1v) is 10.3. The minimum absolute atomic E-state index is 0.154. The molecule has 0 saturated carbocycles. The maximum absolute atomic E-state index is 12.8. The van der Waals surface area contributed by atoms with Crippen molar-refractivity contribution in [1.29, 1.82) is 0 Å². The molecule has 1 N–H and O–H groups in total. The molecule has 0 amide bonds. The van der Waals surface area contributed by atoms with Gasteiger partial charge in [-0.1, -0.05) is 40.2 Å². The van der Waals surface area contributed by atoms with Gasteiger partial charge in [0.15, 0.2) is 9.84 Å². The number of hydrogen-bond donors (Lipinski definition) is 1. The molecule has 0 spiro atoms. The molecular weight excluding hydrogens is 416 g/mol. The van der Waals surface area contributed by atoms with Crippen LogP contribution in [0.4, 0.5) is 11.5 Å². The molecule has 0 unspecified atom stereocenters. The highest BCUT2D eigenvalue weighted by Crippen LogP contribution is 2.29. The zero-order valence-corrected chi connectivity index (χ0v) is 16.4. The molecule has 0 fully saturated rings. The summed E-state index contributed by atoms with van der Waals surface area (Å²) in [6.45, 7) is 0. The van der Waals surface area contributed by atoms with Gasteiger partial charge in [0.2, 0.25) is 0 Å². The number of pyridine rings is 1. The molecule has 26 heavy (non-hydrogen) atoms. The van der Waals surface area contributed by atoms with Gasteiger partial charge >= 0.3 is 0 Å². The van der Waals surface area contributed by atoms with Crippen LogP contribution in [0.3, 0.4) is 0 Å². The number of aromatic nitrogens is 1. The van der Waals surface area contributed by atoms with Crippen LogP contribution in [0.2, 0.25) is 0 Å². The van der Waals surface area contributed by atoms with Crippen LogP contribution in [0.25, 0.3) is 0 Å². The minimum atomic E-state index is -3.57. The van der Waals surface area contributed by atoms with Crippen molar-refractivity contribution < 1.29 is 13.2 Å². The SMILES string of the molecule is COc1ccc(Br)cc1S(=O)(=O)Cc1ccc(Nc2ccccc2)nc1. The molecule has 134 valence electrons. The third-order valence-electron chi connectivity index (χ3n) is 3.69. The number of hydrogen-bond acceptors (Lipinski definition) is 5. The molecule has 0 bridgehead atoms. The number of methoxy groups -OCH3 is 1. The molecule has 0 aliphatic rings. The van der Waals surface area contributed by atoms with Crippen molar-refractivity contribution in [3.05, 3.63) is 76.9 Å². The van der Waals surface area contributed by atoms with Gasteiger partial charge in [-0.3, -0.25) is 0 Å². The summed E-state index contributed by atoms with van der Waals surface area (Å²) in [7, 11) is -2.11. The van der Waals surface area contributed by atoms with Gasteiger partial charge in [0.1, 0.15) is 16.5 Å². The second-order valence-corrected chi connectivity index (χ2v) is 8.47. The molecule has 3 aromatic rings. The molecule has 0 atom stereocenters. The lowest BCUT2D eigenvalue weighted by Gasteiger charge is -2.11. The third kappa shape index (κ3) is 4.42. The molecule has 2 aromatic carbocycles. The molecule has 0 radical (unpaired) electrons. The van der Waals surface area contributed by atoms with Gasteiger partial charge in [0.25, 0.3) is 0 Å². The van der Waals surface area contributed by atoms with Gasteiger partial charge in [-0.25, -0.2) is 13.4 Å². The molecule has 1 aromatic heterocycles. The Morgan fingerprint density at radius 3 is 2.50 bits per heavy atom. The fourth-order valence-corrected chi connectivity index (χ4v) is 4.49. The van der Waals surface area contributed by atoms with Gasteiger partial charge in [-0.2, -0.15) is 0 Å². The minimum Gasteiger partial charge on any atom is -0.495 e.